The molecule has 0 aliphatic heterocycles. The average Bonchev–Trinajstić information content (AvgIpc) is 3.09. The number of fused-ring (bicyclic) bond motifs is 1. The van der Waals surface area contributed by atoms with Gasteiger partial charge in [-0.2, -0.15) is 0 Å². The molecule has 0 unspecified atom stereocenters. The fraction of sp³-hybridized carbons (Fsp3) is 0.474. The average molecular weight is 311 g/mol. The maximum atomic E-state index is 12.6. The molecule has 0 spiro atoms. The molecular formula is C19H25N3O. The molecule has 1 amide bonds. The van der Waals surface area contributed by atoms with Crippen molar-refractivity contribution in [3.63, 3.8) is 0 Å². The van der Waals surface area contributed by atoms with Crippen LogP contribution in [-0.2, 0) is 11.2 Å². The molecule has 1 heterocycles. The highest BCUT2D eigenvalue weighted by Crippen LogP contribution is 2.30. The van der Waals surface area contributed by atoms with Crippen LogP contribution in [0, 0.1) is 0 Å². The number of amides is 1. The topological polar surface area (TPSA) is 46.9 Å². The summed E-state index contributed by atoms with van der Waals surface area (Å²) in [6.07, 6.45) is 11.4. The molecule has 1 N–H and O–H groups in total. The Bertz CT molecular complexity index is 636. The van der Waals surface area contributed by atoms with Gasteiger partial charge in [0.05, 0.1) is 12.4 Å². The van der Waals surface area contributed by atoms with E-state index in [1.807, 2.05) is 12.5 Å². The van der Waals surface area contributed by atoms with Gasteiger partial charge in [-0.25, -0.2) is 4.98 Å². The number of nitrogens with zero attached hydrogens (tertiary/aromatic N) is 2. The summed E-state index contributed by atoms with van der Waals surface area (Å²) in [4.78, 5) is 16.7. The Kier molecular flexibility index (Phi) is 5.11. The first-order valence-electron chi connectivity index (χ1n) is 8.62. The Balaban J connectivity index is 1.65. The van der Waals surface area contributed by atoms with Crippen LogP contribution >= 0.6 is 0 Å². The van der Waals surface area contributed by atoms with Gasteiger partial charge in [0.1, 0.15) is 0 Å². The number of nitrogens with one attached hydrogen (secondary N) is 1. The predicted octanol–water partition coefficient (Wildman–Crippen LogP) is 3.81. The summed E-state index contributed by atoms with van der Waals surface area (Å²) < 4.78 is 2.05. The summed E-state index contributed by atoms with van der Waals surface area (Å²) >= 11 is 0. The molecule has 122 valence electrons. The van der Waals surface area contributed by atoms with E-state index in [-0.39, 0.29) is 18.0 Å². The molecule has 0 saturated carbocycles. The Morgan fingerprint density at radius 2 is 2.30 bits per heavy atom. The van der Waals surface area contributed by atoms with Crippen molar-refractivity contribution in [1.82, 2.24) is 14.9 Å². The lowest BCUT2D eigenvalue weighted by molar-refractivity contribution is -0.122. The van der Waals surface area contributed by atoms with Crippen LogP contribution in [0.4, 0.5) is 0 Å². The van der Waals surface area contributed by atoms with E-state index in [0.29, 0.717) is 6.42 Å². The minimum Gasteiger partial charge on any atom is -0.349 e. The summed E-state index contributed by atoms with van der Waals surface area (Å²) in [5.41, 5.74) is 2.67. The van der Waals surface area contributed by atoms with Gasteiger partial charge in [0.2, 0.25) is 5.91 Å². The highest BCUT2D eigenvalue weighted by molar-refractivity contribution is 5.77. The van der Waals surface area contributed by atoms with Gasteiger partial charge < -0.3 is 9.88 Å². The highest BCUT2D eigenvalue weighted by Gasteiger charge is 2.23. The number of carbonyl (C=O) groups excluding carboxylic acids is 1. The number of rotatable bonds is 6. The largest absolute Gasteiger partial charge is 0.349 e. The van der Waals surface area contributed by atoms with E-state index in [0.717, 1.165) is 32.1 Å². The summed E-state index contributed by atoms with van der Waals surface area (Å²) in [5, 5.41) is 3.25. The van der Waals surface area contributed by atoms with E-state index < -0.39 is 0 Å². The Labute approximate surface area is 137 Å². The SMILES string of the molecule is CCC[C@H](CC(=O)N[C@@H]1CCCc2ccccc21)n1ccnc1. The monoisotopic (exact) mass is 311 g/mol. The summed E-state index contributed by atoms with van der Waals surface area (Å²) in [6.45, 7) is 2.15. The fourth-order valence-electron chi connectivity index (χ4n) is 3.55. The van der Waals surface area contributed by atoms with Crippen molar-refractivity contribution >= 4 is 5.91 Å². The first-order valence-corrected chi connectivity index (χ1v) is 8.62. The molecule has 4 nitrogen and oxygen atoms in total. The zero-order valence-electron chi connectivity index (χ0n) is 13.7. The molecule has 3 rings (SSSR count). The van der Waals surface area contributed by atoms with E-state index in [9.17, 15) is 4.79 Å². The molecule has 4 heteroatoms. The number of benzene rings is 1. The van der Waals surface area contributed by atoms with Crippen molar-refractivity contribution in [2.75, 3.05) is 0 Å². The molecule has 2 aromatic rings. The second-order valence-electron chi connectivity index (χ2n) is 6.37. The molecule has 0 radical (unpaired) electrons. The third kappa shape index (κ3) is 3.81. The van der Waals surface area contributed by atoms with Crippen molar-refractivity contribution in [2.45, 2.75) is 57.5 Å². The predicted molar refractivity (Wildman–Crippen MR) is 91.1 cm³/mol. The summed E-state index contributed by atoms with van der Waals surface area (Å²) in [7, 11) is 0. The van der Waals surface area contributed by atoms with E-state index in [1.54, 1.807) is 6.20 Å². The molecule has 1 aromatic carbocycles. The molecule has 0 bridgehead atoms. The van der Waals surface area contributed by atoms with Crippen molar-refractivity contribution < 1.29 is 4.79 Å². The Morgan fingerprint density at radius 3 is 3.09 bits per heavy atom. The minimum absolute atomic E-state index is 0.138. The molecule has 1 aliphatic rings. The van der Waals surface area contributed by atoms with Crippen molar-refractivity contribution in [1.29, 1.82) is 0 Å². The van der Waals surface area contributed by atoms with Gasteiger partial charge in [0.15, 0.2) is 0 Å². The lowest BCUT2D eigenvalue weighted by Crippen LogP contribution is -2.32. The van der Waals surface area contributed by atoms with Crippen LogP contribution in [0.5, 0.6) is 0 Å². The number of imidazole rings is 1. The molecule has 23 heavy (non-hydrogen) atoms. The third-order valence-electron chi connectivity index (χ3n) is 4.69. The first-order chi connectivity index (χ1) is 11.3. The zero-order chi connectivity index (χ0) is 16.1. The van der Waals surface area contributed by atoms with Crippen molar-refractivity contribution in [3.05, 3.63) is 54.1 Å². The van der Waals surface area contributed by atoms with Crippen LogP contribution in [0.2, 0.25) is 0 Å². The number of aryl methyl sites for hydroxylation is 1. The van der Waals surface area contributed by atoms with Crippen LogP contribution in [-0.4, -0.2) is 15.5 Å². The van der Waals surface area contributed by atoms with Gasteiger partial charge in [-0.3, -0.25) is 4.79 Å². The highest BCUT2D eigenvalue weighted by atomic mass is 16.1. The zero-order valence-corrected chi connectivity index (χ0v) is 13.7. The third-order valence-corrected chi connectivity index (χ3v) is 4.69. The molecule has 2 atom stereocenters. The molecule has 1 aliphatic carbocycles. The smallest absolute Gasteiger partial charge is 0.222 e. The standard InChI is InChI=1S/C19H25N3O/c1-2-6-16(22-12-11-20-14-22)13-19(23)21-18-10-5-8-15-7-3-4-9-17(15)18/h3-4,7,9,11-12,14,16,18H,2,5-6,8,10,13H2,1H3,(H,21,23)/t16-,18-/m1/s1. The van der Waals surface area contributed by atoms with Gasteiger partial charge in [-0.1, -0.05) is 37.6 Å². The molecule has 0 saturated heterocycles. The van der Waals surface area contributed by atoms with Crippen LogP contribution in [0.25, 0.3) is 0 Å². The molecule has 1 aromatic heterocycles. The van der Waals surface area contributed by atoms with Gasteiger partial charge in [0.25, 0.3) is 0 Å². The van der Waals surface area contributed by atoms with E-state index in [4.69, 9.17) is 0 Å². The Morgan fingerprint density at radius 1 is 1.43 bits per heavy atom. The summed E-state index contributed by atoms with van der Waals surface area (Å²) in [6, 6.07) is 8.84. The lowest BCUT2D eigenvalue weighted by atomic mass is 9.87. The first kappa shape index (κ1) is 15.8. The van der Waals surface area contributed by atoms with Crippen LogP contribution in [0.3, 0.4) is 0 Å². The van der Waals surface area contributed by atoms with Gasteiger partial charge in [-0.15, -0.1) is 0 Å². The lowest BCUT2D eigenvalue weighted by Gasteiger charge is -2.27. The quantitative estimate of drug-likeness (QED) is 0.882. The maximum Gasteiger partial charge on any atom is 0.222 e. The fourth-order valence-corrected chi connectivity index (χ4v) is 3.55. The van der Waals surface area contributed by atoms with E-state index in [1.165, 1.54) is 11.1 Å². The van der Waals surface area contributed by atoms with Crippen LogP contribution in [0.15, 0.2) is 43.0 Å². The molecular weight excluding hydrogens is 286 g/mol. The van der Waals surface area contributed by atoms with E-state index in [2.05, 4.69) is 46.1 Å². The van der Waals surface area contributed by atoms with E-state index >= 15 is 0 Å². The van der Waals surface area contributed by atoms with Crippen LogP contribution < -0.4 is 5.32 Å². The van der Waals surface area contributed by atoms with Crippen molar-refractivity contribution in [3.8, 4) is 0 Å². The normalized spacial score (nSPS) is 18.2. The number of aromatic nitrogens is 2. The second-order valence-corrected chi connectivity index (χ2v) is 6.37. The van der Waals surface area contributed by atoms with Crippen LogP contribution in [0.1, 0.15) is 62.2 Å². The maximum absolute atomic E-state index is 12.6. The summed E-state index contributed by atoms with van der Waals surface area (Å²) in [5.74, 6) is 0.138. The molecule has 0 fully saturated rings. The van der Waals surface area contributed by atoms with Gasteiger partial charge in [0, 0.05) is 24.9 Å². The van der Waals surface area contributed by atoms with Gasteiger partial charge >= 0.3 is 0 Å². The Hall–Kier alpha value is -2.10. The number of hydrogen-bond donors (Lipinski definition) is 1. The number of hydrogen-bond acceptors (Lipinski definition) is 2. The second kappa shape index (κ2) is 7.44. The minimum atomic E-state index is 0.138. The van der Waals surface area contributed by atoms with Crippen molar-refractivity contribution in [2.24, 2.45) is 0 Å². The van der Waals surface area contributed by atoms with Gasteiger partial charge in [-0.05, 0) is 36.8 Å². The number of carbonyl (C=O) groups is 1.